The van der Waals surface area contributed by atoms with Crippen LogP contribution in [0.15, 0.2) is 9.31 Å². The molecule has 0 radical (unpaired) electrons. The van der Waals surface area contributed by atoms with E-state index < -0.39 is 16.0 Å². The molecule has 8 heteroatoms. The molecule has 1 aliphatic rings. The van der Waals surface area contributed by atoms with Crippen LogP contribution in [-0.4, -0.2) is 37.5 Å². The number of thioether (sulfide) groups is 1. The Morgan fingerprint density at radius 1 is 1.33 bits per heavy atom. The Balaban J connectivity index is 2.21. The lowest BCUT2D eigenvalue weighted by molar-refractivity contribution is 0.0691. The Labute approximate surface area is 128 Å². The van der Waals surface area contributed by atoms with E-state index >= 15 is 0 Å². The number of nitrogens with one attached hydrogen (secondary N) is 1. The van der Waals surface area contributed by atoms with Gasteiger partial charge in [-0.3, -0.25) is 0 Å². The zero-order valence-corrected chi connectivity index (χ0v) is 13.6. The van der Waals surface area contributed by atoms with Gasteiger partial charge in [0, 0.05) is 6.54 Å². The number of aromatic carboxylic acids is 1. The monoisotopic (exact) mass is 333 g/mol. The molecule has 6 nitrogen and oxygen atoms in total. The molecule has 0 atom stereocenters. The van der Waals surface area contributed by atoms with Crippen LogP contribution in [0.2, 0.25) is 0 Å². The highest BCUT2D eigenvalue weighted by molar-refractivity contribution is 7.99. The highest BCUT2D eigenvalue weighted by atomic mass is 32.2. The summed E-state index contributed by atoms with van der Waals surface area (Å²) < 4.78 is 32.5. The lowest BCUT2D eigenvalue weighted by atomic mass is 10.0. The Morgan fingerprint density at radius 3 is 2.52 bits per heavy atom. The molecular formula is C13H19NO5S2. The SMILES string of the molecule is Cc1oc(C)c(S(=O)(=O)NCC2CCSCC2)c1C(=O)O. The second-order valence-electron chi connectivity index (χ2n) is 5.13. The Morgan fingerprint density at radius 2 is 1.95 bits per heavy atom. The van der Waals surface area contributed by atoms with Crippen LogP contribution in [0.1, 0.15) is 34.7 Å². The molecule has 0 aliphatic carbocycles. The first-order chi connectivity index (χ1) is 9.83. The molecule has 0 bridgehead atoms. The summed E-state index contributed by atoms with van der Waals surface area (Å²) >= 11 is 1.87. The summed E-state index contributed by atoms with van der Waals surface area (Å²) in [4.78, 5) is 11.0. The highest BCUT2D eigenvalue weighted by Crippen LogP contribution is 2.27. The molecule has 1 saturated heterocycles. The van der Waals surface area contributed by atoms with E-state index in [1.54, 1.807) is 0 Å². The number of carboxylic acids is 1. The molecule has 2 N–H and O–H groups in total. The lowest BCUT2D eigenvalue weighted by Gasteiger charge is -2.21. The van der Waals surface area contributed by atoms with E-state index in [-0.39, 0.29) is 22.0 Å². The summed E-state index contributed by atoms with van der Waals surface area (Å²) in [5, 5.41) is 9.19. The van der Waals surface area contributed by atoms with Crippen molar-refractivity contribution in [1.82, 2.24) is 4.72 Å². The second kappa shape index (κ2) is 6.41. The fourth-order valence-electron chi connectivity index (χ4n) is 2.48. The van der Waals surface area contributed by atoms with Gasteiger partial charge in [0.2, 0.25) is 10.0 Å². The predicted octanol–water partition coefficient (Wildman–Crippen LogP) is 2.02. The Kier molecular flexibility index (Phi) is 5.00. The van der Waals surface area contributed by atoms with Gasteiger partial charge in [-0.05, 0) is 44.1 Å². The van der Waals surface area contributed by atoms with E-state index in [4.69, 9.17) is 4.42 Å². The lowest BCUT2D eigenvalue weighted by Crippen LogP contribution is -2.32. The quantitative estimate of drug-likeness (QED) is 0.855. The molecule has 1 aromatic heterocycles. The van der Waals surface area contributed by atoms with Crippen molar-refractivity contribution in [2.45, 2.75) is 31.6 Å². The van der Waals surface area contributed by atoms with Gasteiger partial charge in [0.15, 0.2) is 0 Å². The third kappa shape index (κ3) is 3.61. The van der Waals surface area contributed by atoms with Crippen molar-refractivity contribution in [2.24, 2.45) is 5.92 Å². The molecule has 0 saturated carbocycles. The molecule has 1 aliphatic heterocycles. The number of aryl methyl sites for hydroxylation is 2. The van der Waals surface area contributed by atoms with E-state index in [9.17, 15) is 18.3 Å². The maximum atomic E-state index is 12.4. The van der Waals surface area contributed by atoms with Crippen molar-refractivity contribution in [2.75, 3.05) is 18.1 Å². The number of hydrogen-bond donors (Lipinski definition) is 2. The van der Waals surface area contributed by atoms with Gasteiger partial charge in [-0.25, -0.2) is 17.9 Å². The van der Waals surface area contributed by atoms with Crippen LogP contribution in [0, 0.1) is 19.8 Å². The van der Waals surface area contributed by atoms with Gasteiger partial charge < -0.3 is 9.52 Å². The first-order valence-corrected chi connectivity index (χ1v) is 9.37. The summed E-state index contributed by atoms with van der Waals surface area (Å²) in [5.74, 6) is 1.31. The topological polar surface area (TPSA) is 96.6 Å². The number of sulfonamides is 1. The number of carboxylic acid groups (broad SMARTS) is 1. The molecule has 0 aromatic carbocycles. The van der Waals surface area contributed by atoms with Crippen LogP contribution in [0.5, 0.6) is 0 Å². The van der Waals surface area contributed by atoms with Gasteiger partial charge in [-0.15, -0.1) is 0 Å². The predicted molar refractivity (Wildman–Crippen MR) is 80.4 cm³/mol. The minimum Gasteiger partial charge on any atom is -0.478 e. The average molecular weight is 333 g/mol. The van der Waals surface area contributed by atoms with Crippen molar-refractivity contribution in [3.63, 3.8) is 0 Å². The first-order valence-electron chi connectivity index (χ1n) is 6.73. The maximum Gasteiger partial charge on any atom is 0.340 e. The summed E-state index contributed by atoms with van der Waals surface area (Å²) in [7, 11) is -3.88. The maximum absolute atomic E-state index is 12.4. The largest absolute Gasteiger partial charge is 0.478 e. The fraction of sp³-hybridized carbons (Fsp3) is 0.615. The average Bonchev–Trinajstić information content (AvgIpc) is 2.73. The second-order valence-corrected chi connectivity index (χ2v) is 8.06. The zero-order chi connectivity index (χ0) is 15.6. The van der Waals surface area contributed by atoms with Crippen molar-refractivity contribution < 1.29 is 22.7 Å². The Bertz CT molecular complexity index is 629. The normalized spacial score (nSPS) is 17.0. The van der Waals surface area contributed by atoms with Crippen LogP contribution < -0.4 is 4.72 Å². The van der Waals surface area contributed by atoms with E-state index in [2.05, 4.69) is 4.72 Å². The van der Waals surface area contributed by atoms with Crippen LogP contribution >= 0.6 is 11.8 Å². The van der Waals surface area contributed by atoms with Gasteiger partial charge in [0.25, 0.3) is 0 Å². The highest BCUT2D eigenvalue weighted by Gasteiger charge is 2.31. The molecule has 2 rings (SSSR count). The smallest absolute Gasteiger partial charge is 0.340 e. The molecular weight excluding hydrogens is 314 g/mol. The summed E-state index contributed by atoms with van der Waals surface area (Å²) in [6.45, 7) is 3.25. The van der Waals surface area contributed by atoms with Gasteiger partial charge in [0.1, 0.15) is 22.0 Å². The van der Waals surface area contributed by atoms with Gasteiger partial charge >= 0.3 is 5.97 Å². The number of carbonyl (C=O) groups is 1. The summed E-state index contributed by atoms with van der Waals surface area (Å²) in [5.41, 5.74) is -0.279. The van der Waals surface area contributed by atoms with Gasteiger partial charge in [-0.1, -0.05) is 0 Å². The van der Waals surface area contributed by atoms with E-state index in [1.165, 1.54) is 13.8 Å². The van der Waals surface area contributed by atoms with Crippen LogP contribution in [0.4, 0.5) is 0 Å². The number of hydrogen-bond acceptors (Lipinski definition) is 5. The standard InChI is InChI=1S/C13H19NO5S2/c1-8-11(13(15)16)12(9(2)19-8)21(17,18)14-7-10-3-5-20-6-4-10/h10,14H,3-7H2,1-2H3,(H,15,16). The van der Waals surface area contributed by atoms with Crippen molar-refractivity contribution in [3.05, 3.63) is 17.1 Å². The molecule has 1 fully saturated rings. The molecule has 0 spiro atoms. The summed E-state index contributed by atoms with van der Waals surface area (Å²) in [6, 6.07) is 0. The molecule has 118 valence electrons. The third-order valence-electron chi connectivity index (χ3n) is 3.59. The van der Waals surface area contributed by atoms with Crippen LogP contribution in [-0.2, 0) is 10.0 Å². The first kappa shape index (κ1) is 16.4. The van der Waals surface area contributed by atoms with Crippen molar-refractivity contribution in [1.29, 1.82) is 0 Å². The molecule has 0 amide bonds. The van der Waals surface area contributed by atoms with E-state index in [0.717, 1.165) is 24.3 Å². The minimum atomic E-state index is -3.88. The fourth-order valence-corrected chi connectivity index (χ4v) is 5.21. The number of furan rings is 1. The molecule has 2 heterocycles. The number of rotatable bonds is 5. The van der Waals surface area contributed by atoms with E-state index in [0.29, 0.717) is 12.5 Å². The van der Waals surface area contributed by atoms with Crippen LogP contribution in [0.3, 0.4) is 0 Å². The zero-order valence-electron chi connectivity index (χ0n) is 12.0. The summed E-state index contributed by atoms with van der Waals surface area (Å²) in [6.07, 6.45) is 1.95. The minimum absolute atomic E-state index is 0.106. The van der Waals surface area contributed by atoms with Crippen molar-refractivity contribution in [3.8, 4) is 0 Å². The Hall–Kier alpha value is -0.990. The molecule has 21 heavy (non-hydrogen) atoms. The van der Waals surface area contributed by atoms with Gasteiger partial charge in [-0.2, -0.15) is 11.8 Å². The molecule has 0 unspecified atom stereocenters. The third-order valence-corrected chi connectivity index (χ3v) is 6.22. The van der Waals surface area contributed by atoms with Crippen molar-refractivity contribution >= 4 is 27.8 Å². The van der Waals surface area contributed by atoms with Gasteiger partial charge in [0.05, 0.1) is 0 Å². The molecule has 1 aromatic rings. The van der Waals surface area contributed by atoms with Crippen LogP contribution in [0.25, 0.3) is 0 Å². The van der Waals surface area contributed by atoms with E-state index in [1.807, 2.05) is 11.8 Å².